The summed E-state index contributed by atoms with van der Waals surface area (Å²) in [6, 6.07) is 34.3. The molecule has 0 amide bonds. The van der Waals surface area contributed by atoms with Gasteiger partial charge < -0.3 is 10.2 Å². The molecule has 0 heterocycles. The average molecular weight is 492 g/mol. The molecule has 4 aromatic rings. The molecular weight excluding hydrogens is 462 g/mol. The number of hydrogen-bond acceptors (Lipinski definition) is 3. The maximum absolute atomic E-state index is 13.1. The molecule has 1 aliphatic rings. The van der Waals surface area contributed by atoms with Gasteiger partial charge in [-0.2, -0.15) is 0 Å². The van der Waals surface area contributed by atoms with Crippen LogP contribution in [0.4, 0.5) is 0 Å². The highest BCUT2D eigenvalue weighted by atomic mass is 16.4. The van der Waals surface area contributed by atoms with Crippen LogP contribution in [-0.4, -0.2) is 33.1 Å². The number of aliphatic carboxylic acids is 2. The van der Waals surface area contributed by atoms with Crippen LogP contribution in [0.1, 0.15) is 35.6 Å². The fraction of sp³-hybridized carbons (Fsp3) is 0.188. The largest absolute Gasteiger partial charge is 0.481 e. The van der Waals surface area contributed by atoms with Crippen molar-refractivity contribution in [2.75, 3.05) is 0 Å². The summed E-state index contributed by atoms with van der Waals surface area (Å²) in [6.45, 7) is 1.99. The highest BCUT2D eigenvalue weighted by molar-refractivity contribution is 5.86. The van der Waals surface area contributed by atoms with Crippen LogP contribution >= 0.6 is 0 Å². The third-order valence-corrected chi connectivity index (χ3v) is 7.47. The molecule has 2 N–H and O–H groups in total. The van der Waals surface area contributed by atoms with Crippen molar-refractivity contribution in [3.05, 3.63) is 131 Å². The number of carbonyl (C=O) groups is 2. The molecule has 5 rings (SSSR count). The zero-order valence-corrected chi connectivity index (χ0v) is 20.6. The summed E-state index contributed by atoms with van der Waals surface area (Å²) in [7, 11) is 0. The van der Waals surface area contributed by atoms with Gasteiger partial charge in [0.05, 0.1) is 11.5 Å². The molecular formula is C32H29NO4. The van der Waals surface area contributed by atoms with Gasteiger partial charge in [0.2, 0.25) is 0 Å². The molecule has 37 heavy (non-hydrogen) atoms. The molecule has 4 aromatic carbocycles. The lowest BCUT2D eigenvalue weighted by Gasteiger charge is -2.47. The van der Waals surface area contributed by atoms with E-state index in [0.29, 0.717) is 0 Å². The summed E-state index contributed by atoms with van der Waals surface area (Å²) in [5.74, 6) is -3.38. The summed E-state index contributed by atoms with van der Waals surface area (Å²) in [5.41, 5.74) is 4.73. The summed E-state index contributed by atoms with van der Waals surface area (Å²) in [5, 5.41) is 20.9. The van der Waals surface area contributed by atoms with E-state index in [-0.39, 0.29) is 13.0 Å². The number of benzene rings is 4. The second-order valence-corrected chi connectivity index (χ2v) is 9.42. The van der Waals surface area contributed by atoms with Gasteiger partial charge in [0.1, 0.15) is 6.04 Å². The summed E-state index contributed by atoms with van der Waals surface area (Å²) >= 11 is 0. The van der Waals surface area contributed by atoms with Crippen molar-refractivity contribution >= 4 is 11.9 Å². The SMILES string of the molecule is CC[C@@H](C(=O)O)[C@@H](C(=O)O)N(Cc1ccccc1)C1(c2ccccc2)c2ccccc2-c2ccccc21. The van der Waals surface area contributed by atoms with Crippen LogP contribution < -0.4 is 0 Å². The Hall–Kier alpha value is -4.22. The van der Waals surface area contributed by atoms with Gasteiger partial charge >= 0.3 is 11.9 Å². The highest BCUT2D eigenvalue weighted by Crippen LogP contribution is 2.55. The van der Waals surface area contributed by atoms with Crippen molar-refractivity contribution in [2.45, 2.75) is 31.5 Å². The second-order valence-electron chi connectivity index (χ2n) is 9.42. The fourth-order valence-electron chi connectivity index (χ4n) is 5.94. The maximum Gasteiger partial charge on any atom is 0.321 e. The Kier molecular flexibility index (Phi) is 6.64. The van der Waals surface area contributed by atoms with E-state index in [0.717, 1.165) is 33.4 Å². The smallest absolute Gasteiger partial charge is 0.321 e. The number of rotatable bonds is 9. The average Bonchev–Trinajstić information content (AvgIpc) is 3.22. The van der Waals surface area contributed by atoms with Crippen molar-refractivity contribution in [3.63, 3.8) is 0 Å². The number of carboxylic acid groups (broad SMARTS) is 2. The Morgan fingerprint density at radius 1 is 0.703 bits per heavy atom. The number of carboxylic acids is 2. The van der Waals surface area contributed by atoms with Crippen LogP contribution in [0.3, 0.4) is 0 Å². The van der Waals surface area contributed by atoms with E-state index in [4.69, 9.17) is 0 Å². The third-order valence-electron chi connectivity index (χ3n) is 7.47. The van der Waals surface area contributed by atoms with Crippen molar-refractivity contribution in [3.8, 4) is 11.1 Å². The van der Waals surface area contributed by atoms with Gasteiger partial charge in [-0.15, -0.1) is 0 Å². The molecule has 0 radical (unpaired) electrons. The first-order valence-corrected chi connectivity index (χ1v) is 12.5. The van der Waals surface area contributed by atoms with Crippen LogP contribution in [0, 0.1) is 5.92 Å². The van der Waals surface area contributed by atoms with Crippen molar-refractivity contribution in [1.29, 1.82) is 0 Å². The Morgan fingerprint density at radius 2 is 1.19 bits per heavy atom. The van der Waals surface area contributed by atoms with Crippen LogP contribution in [0.5, 0.6) is 0 Å². The molecule has 0 aliphatic heterocycles. The first-order valence-electron chi connectivity index (χ1n) is 12.5. The third kappa shape index (κ3) is 4.02. The highest BCUT2D eigenvalue weighted by Gasteiger charge is 2.54. The lowest BCUT2D eigenvalue weighted by Crippen LogP contribution is -2.58. The van der Waals surface area contributed by atoms with E-state index in [1.807, 2.05) is 102 Å². The van der Waals surface area contributed by atoms with Crippen LogP contribution in [0.15, 0.2) is 109 Å². The lowest BCUT2D eigenvalue weighted by atomic mass is 9.76. The molecule has 1 aliphatic carbocycles. The minimum atomic E-state index is -1.29. The van der Waals surface area contributed by atoms with Gasteiger partial charge in [-0.25, -0.2) is 0 Å². The monoisotopic (exact) mass is 491 g/mol. The predicted molar refractivity (Wildman–Crippen MR) is 143 cm³/mol. The van der Waals surface area contributed by atoms with E-state index in [2.05, 4.69) is 12.1 Å². The van der Waals surface area contributed by atoms with Gasteiger partial charge in [0, 0.05) is 6.54 Å². The van der Waals surface area contributed by atoms with E-state index in [9.17, 15) is 19.8 Å². The van der Waals surface area contributed by atoms with Gasteiger partial charge in [-0.1, -0.05) is 116 Å². The predicted octanol–water partition coefficient (Wildman–Crippen LogP) is 6.03. The Bertz CT molecular complexity index is 1370. The topological polar surface area (TPSA) is 77.8 Å². The molecule has 2 atom stereocenters. The summed E-state index contributed by atoms with van der Waals surface area (Å²) < 4.78 is 0. The van der Waals surface area contributed by atoms with E-state index in [1.54, 1.807) is 6.92 Å². The minimum Gasteiger partial charge on any atom is -0.481 e. The van der Waals surface area contributed by atoms with Crippen LogP contribution in [0.25, 0.3) is 11.1 Å². The second kappa shape index (κ2) is 10.0. The van der Waals surface area contributed by atoms with Gasteiger partial charge in [-0.05, 0) is 39.8 Å². The van der Waals surface area contributed by atoms with Crippen molar-refractivity contribution in [2.24, 2.45) is 5.92 Å². The van der Waals surface area contributed by atoms with Crippen molar-refractivity contribution in [1.82, 2.24) is 4.90 Å². The zero-order valence-electron chi connectivity index (χ0n) is 20.6. The van der Waals surface area contributed by atoms with Crippen molar-refractivity contribution < 1.29 is 19.8 Å². The Morgan fingerprint density at radius 3 is 1.68 bits per heavy atom. The molecule has 186 valence electrons. The van der Waals surface area contributed by atoms with E-state index >= 15 is 0 Å². The van der Waals surface area contributed by atoms with Crippen LogP contribution in [-0.2, 0) is 21.7 Å². The van der Waals surface area contributed by atoms with E-state index < -0.39 is 29.4 Å². The molecule has 0 unspecified atom stereocenters. The first kappa shape index (κ1) is 24.5. The fourth-order valence-corrected chi connectivity index (χ4v) is 5.94. The van der Waals surface area contributed by atoms with Gasteiger partial charge in [0.25, 0.3) is 0 Å². The number of hydrogen-bond donors (Lipinski definition) is 2. The summed E-state index contributed by atoms with van der Waals surface area (Å²) in [4.78, 5) is 27.5. The Labute approximate surface area is 216 Å². The molecule has 0 saturated carbocycles. The zero-order chi connectivity index (χ0) is 26.0. The molecule has 0 aromatic heterocycles. The van der Waals surface area contributed by atoms with Crippen LogP contribution in [0.2, 0.25) is 0 Å². The Balaban J connectivity index is 1.90. The first-order chi connectivity index (χ1) is 18.0. The number of fused-ring (bicyclic) bond motifs is 3. The van der Waals surface area contributed by atoms with E-state index in [1.165, 1.54) is 0 Å². The standard InChI is InChI=1S/C32H29NO4/c1-2-24(30(34)35)29(31(36)37)33(21-22-13-5-3-6-14-22)32(23-15-7-4-8-16-23)27-19-11-9-17-25(27)26-18-10-12-20-28(26)32/h3-20,24,29H,2,21H2,1H3,(H,34,35)(H,36,37)/t24-,29+/m1/s1. The van der Waals surface area contributed by atoms with Gasteiger partial charge in [0.15, 0.2) is 0 Å². The van der Waals surface area contributed by atoms with Gasteiger partial charge in [-0.3, -0.25) is 14.5 Å². The normalized spacial score (nSPS) is 15.0. The molecule has 5 heteroatoms. The lowest BCUT2D eigenvalue weighted by molar-refractivity contribution is -0.158. The molecule has 0 bridgehead atoms. The summed E-state index contributed by atoms with van der Waals surface area (Å²) in [6.07, 6.45) is 0.186. The minimum absolute atomic E-state index is 0.186. The molecule has 0 fully saturated rings. The number of nitrogens with zero attached hydrogens (tertiary/aromatic N) is 1. The maximum atomic E-state index is 13.1. The molecule has 0 saturated heterocycles. The quantitative estimate of drug-likeness (QED) is 0.299. The molecule has 5 nitrogen and oxygen atoms in total. The molecule has 0 spiro atoms.